The average molecular weight is 548 g/mol. The Bertz CT molecular complexity index is 1140. The summed E-state index contributed by atoms with van der Waals surface area (Å²) in [5.41, 5.74) is -0.0378. The topological polar surface area (TPSA) is 102 Å². The predicted octanol–water partition coefficient (Wildman–Crippen LogP) is 5.11. The first-order valence-electron chi connectivity index (χ1n) is 9.83. The lowest BCUT2D eigenvalue weighted by atomic mass is 10.0. The molecular formula is C22H18Cl4N2O6. The Labute approximate surface area is 215 Å². The van der Waals surface area contributed by atoms with E-state index in [0.29, 0.717) is 16.3 Å². The van der Waals surface area contributed by atoms with E-state index in [-0.39, 0.29) is 31.2 Å². The second kappa shape index (κ2) is 10.4. The van der Waals surface area contributed by atoms with Crippen molar-refractivity contribution in [1.82, 2.24) is 4.90 Å². The minimum Gasteiger partial charge on any atom is -0.497 e. The van der Waals surface area contributed by atoms with Crippen LogP contribution in [0.4, 0.5) is 5.69 Å². The van der Waals surface area contributed by atoms with Gasteiger partial charge in [-0.15, -0.1) is 0 Å². The van der Waals surface area contributed by atoms with Gasteiger partial charge in [-0.25, -0.2) is 4.79 Å². The third kappa shape index (κ3) is 4.81. The van der Waals surface area contributed by atoms with Crippen LogP contribution >= 0.6 is 46.4 Å². The summed E-state index contributed by atoms with van der Waals surface area (Å²) in [6, 6.07) is 5.16. The van der Waals surface area contributed by atoms with E-state index in [4.69, 9.17) is 55.9 Å². The standard InChI is InChI=1S/C22H18Cl4N2O6/c1-9(2)19(22(32)34-8-12(29)27-10-4-6-11(33-3)7-5-10)28-20(30)13-14(21(28)31)16(24)18(26)17(25)15(13)23/h4-7,9,19H,8H2,1-3H3,(H,27,29)/t19-/m0/s1. The summed E-state index contributed by atoms with van der Waals surface area (Å²) in [5, 5.41) is 1.69. The number of fused-ring (bicyclic) bond motifs is 1. The van der Waals surface area contributed by atoms with Crippen LogP contribution in [0.15, 0.2) is 24.3 Å². The van der Waals surface area contributed by atoms with E-state index in [9.17, 15) is 19.2 Å². The maximum Gasteiger partial charge on any atom is 0.330 e. The molecule has 2 aromatic carbocycles. The van der Waals surface area contributed by atoms with Crippen molar-refractivity contribution in [3.05, 3.63) is 55.5 Å². The van der Waals surface area contributed by atoms with Crippen LogP contribution in [0.3, 0.4) is 0 Å². The first-order chi connectivity index (χ1) is 16.0. The fraction of sp³-hybridized carbons (Fsp3) is 0.273. The highest BCUT2D eigenvalue weighted by atomic mass is 35.5. The molecule has 12 heteroatoms. The van der Waals surface area contributed by atoms with Crippen molar-refractivity contribution in [2.75, 3.05) is 19.0 Å². The summed E-state index contributed by atoms with van der Waals surface area (Å²) in [5.74, 6) is -3.28. The lowest BCUT2D eigenvalue weighted by Gasteiger charge is -2.27. The van der Waals surface area contributed by atoms with E-state index in [1.165, 1.54) is 7.11 Å². The van der Waals surface area contributed by atoms with Gasteiger partial charge in [-0.05, 0) is 30.2 Å². The number of carbonyl (C=O) groups is 4. The molecule has 1 aliphatic heterocycles. The van der Waals surface area contributed by atoms with Gasteiger partial charge in [0, 0.05) is 5.69 Å². The average Bonchev–Trinajstić information content (AvgIpc) is 3.05. The number of methoxy groups -OCH3 is 1. The fourth-order valence-corrected chi connectivity index (χ4v) is 4.40. The number of nitrogens with one attached hydrogen (secondary N) is 1. The predicted molar refractivity (Wildman–Crippen MR) is 128 cm³/mol. The third-order valence-corrected chi connectivity index (χ3v) is 6.80. The van der Waals surface area contributed by atoms with Gasteiger partial charge in [0.05, 0.1) is 38.3 Å². The van der Waals surface area contributed by atoms with E-state index in [0.717, 1.165) is 0 Å². The van der Waals surface area contributed by atoms with Crippen LogP contribution in [-0.2, 0) is 14.3 Å². The second-order valence-corrected chi connectivity index (χ2v) is 9.07. The van der Waals surface area contributed by atoms with Crippen LogP contribution in [0.25, 0.3) is 0 Å². The second-order valence-electron chi connectivity index (χ2n) is 7.56. The molecule has 0 saturated heterocycles. The molecule has 3 amide bonds. The molecule has 0 unspecified atom stereocenters. The number of rotatable bonds is 7. The van der Waals surface area contributed by atoms with Crippen LogP contribution in [0.1, 0.15) is 34.6 Å². The molecule has 2 aromatic rings. The van der Waals surface area contributed by atoms with E-state index >= 15 is 0 Å². The molecular weight excluding hydrogens is 530 g/mol. The summed E-state index contributed by atoms with van der Waals surface area (Å²) in [6.07, 6.45) is 0. The van der Waals surface area contributed by atoms with Crippen molar-refractivity contribution in [2.45, 2.75) is 19.9 Å². The number of ether oxygens (including phenoxy) is 2. The number of imide groups is 1. The number of carbonyl (C=O) groups excluding carboxylic acids is 4. The highest BCUT2D eigenvalue weighted by Crippen LogP contribution is 2.45. The summed E-state index contributed by atoms with van der Waals surface area (Å²) >= 11 is 24.4. The molecule has 34 heavy (non-hydrogen) atoms. The van der Waals surface area contributed by atoms with E-state index < -0.39 is 42.3 Å². The summed E-state index contributed by atoms with van der Waals surface area (Å²) in [6.45, 7) is 2.57. The first-order valence-corrected chi connectivity index (χ1v) is 11.3. The minimum atomic E-state index is -1.36. The van der Waals surface area contributed by atoms with Gasteiger partial charge in [0.1, 0.15) is 11.8 Å². The number of nitrogens with zero attached hydrogens (tertiary/aromatic N) is 1. The first kappa shape index (κ1) is 26.1. The Hall–Kier alpha value is -2.52. The summed E-state index contributed by atoms with van der Waals surface area (Å²) in [4.78, 5) is 52.0. The van der Waals surface area contributed by atoms with E-state index in [1.807, 2.05) is 0 Å². The van der Waals surface area contributed by atoms with Crippen molar-refractivity contribution in [2.24, 2.45) is 5.92 Å². The third-order valence-electron chi connectivity index (χ3n) is 5.00. The quantitative estimate of drug-likeness (QED) is 0.223. The largest absolute Gasteiger partial charge is 0.497 e. The van der Waals surface area contributed by atoms with E-state index in [2.05, 4.69) is 5.32 Å². The van der Waals surface area contributed by atoms with Gasteiger partial charge in [-0.3, -0.25) is 19.3 Å². The van der Waals surface area contributed by atoms with Gasteiger partial charge in [-0.1, -0.05) is 60.3 Å². The lowest BCUT2D eigenvalue weighted by molar-refractivity contribution is -0.152. The normalized spacial score (nSPS) is 13.7. The van der Waals surface area contributed by atoms with Gasteiger partial charge in [0.2, 0.25) is 0 Å². The van der Waals surface area contributed by atoms with Crippen LogP contribution in [0.2, 0.25) is 20.1 Å². The van der Waals surface area contributed by atoms with Gasteiger partial charge in [0.15, 0.2) is 6.61 Å². The Balaban J connectivity index is 1.78. The van der Waals surface area contributed by atoms with Crippen LogP contribution < -0.4 is 10.1 Å². The molecule has 0 bridgehead atoms. The SMILES string of the molecule is COc1ccc(NC(=O)COC(=O)[C@H](C(C)C)N2C(=O)c3c(Cl)c(Cl)c(Cl)c(Cl)c3C2=O)cc1. The molecule has 0 spiro atoms. The van der Waals surface area contributed by atoms with Crippen LogP contribution in [-0.4, -0.2) is 48.3 Å². The Morgan fingerprint density at radius 3 is 1.85 bits per heavy atom. The Morgan fingerprint density at radius 2 is 1.41 bits per heavy atom. The van der Waals surface area contributed by atoms with Gasteiger partial charge >= 0.3 is 5.97 Å². The molecule has 0 radical (unpaired) electrons. The van der Waals surface area contributed by atoms with Crippen molar-refractivity contribution < 1.29 is 28.7 Å². The molecule has 0 fully saturated rings. The Kier molecular flexibility index (Phi) is 7.98. The van der Waals surface area contributed by atoms with Crippen molar-refractivity contribution in [1.29, 1.82) is 0 Å². The molecule has 8 nitrogen and oxygen atoms in total. The molecule has 180 valence electrons. The van der Waals surface area contributed by atoms with Gasteiger partial charge < -0.3 is 14.8 Å². The lowest BCUT2D eigenvalue weighted by Crippen LogP contribution is -2.49. The zero-order valence-electron chi connectivity index (χ0n) is 18.1. The molecule has 1 atom stereocenters. The van der Waals surface area contributed by atoms with Crippen LogP contribution in [0, 0.1) is 5.92 Å². The molecule has 0 saturated carbocycles. The minimum absolute atomic E-state index is 0.186. The van der Waals surface area contributed by atoms with Crippen molar-refractivity contribution >= 4 is 75.8 Å². The number of hydrogen-bond acceptors (Lipinski definition) is 6. The molecule has 1 heterocycles. The number of amides is 3. The zero-order valence-corrected chi connectivity index (χ0v) is 21.1. The highest BCUT2D eigenvalue weighted by molar-refractivity contribution is 6.55. The Morgan fingerprint density at radius 1 is 0.912 bits per heavy atom. The van der Waals surface area contributed by atoms with Crippen molar-refractivity contribution in [3.8, 4) is 5.75 Å². The number of hydrogen-bond donors (Lipinski definition) is 1. The van der Waals surface area contributed by atoms with Crippen molar-refractivity contribution in [3.63, 3.8) is 0 Å². The highest BCUT2D eigenvalue weighted by Gasteiger charge is 2.48. The maximum absolute atomic E-state index is 13.1. The number of anilines is 1. The van der Waals surface area contributed by atoms with E-state index in [1.54, 1.807) is 38.1 Å². The summed E-state index contributed by atoms with van der Waals surface area (Å²) in [7, 11) is 1.51. The monoisotopic (exact) mass is 546 g/mol. The number of halogens is 4. The molecule has 3 rings (SSSR count). The smallest absolute Gasteiger partial charge is 0.330 e. The number of esters is 1. The molecule has 0 aromatic heterocycles. The maximum atomic E-state index is 13.1. The summed E-state index contributed by atoms with van der Waals surface area (Å²) < 4.78 is 10.2. The molecule has 1 aliphatic rings. The molecule has 1 N–H and O–H groups in total. The van der Waals surface area contributed by atoms with Gasteiger partial charge in [0.25, 0.3) is 17.7 Å². The number of benzene rings is 2. The zero-order chi connectivity index (χ0) is 25.3. The fourth-order valence-electron chi connectivity index (χ4n) is 3.39. The van der Waals surface area contributed by atoms with Crippen LogP contribution in [0.5, 0.6) is 5.75 Å². The molecule has 0 aliphatic carbocycles. The van der Waals surface area contributed by atoms with Gasteiger partial charge in [-0.2, -0.15) is 0 Å².